The number of carbonyl (C=O) groups is 1. The van der Waals surface area contributed by atoms with Crippen LogP contribution in [-0.2, 0) is 4.79 Å². The molecule has 0 aliphatic carbocycles. The lowest BCUT2D eigenvalue weighted by molar-refractivity contribution is -0.142. The summed E-state index contributed by atoms with van der Waals surface area (Å²) in [6.07, 6.45) is 5.45. The summed E-state index contributed by atoms with van der Waals surface area (Å²) >= 11 is 0. The molecule has 1 spiro atoms. The van der Waals surface area contributed by atoms with Crippen LogP contribution >= 0.6 is 0 Å². The van der Waals surface area contributed by atoms with Crippen molar-refractivity contribution in [1.82, 2.24) is 14.9 Å². The van der Waals surface area contributed by atoms with E-state index in [1.54, 1.807) is 6.33 Å². The number of hydrogen-bond acceptors (Lipinski definition) is 6. The summed E-state index contributed by atoms with van der Waals surface area (Å²) in [7, 11) is 3.95. The van der Waals surface area contributed by atoms with Crippen LogP contribution in [0.3, 0.4) is 0 Å². The summed E-state index contributed by atoms with van der Waals surface area (Å²) in [5, 5.41) is 9.56. The Morgan fingerprint density at radius 3 is 2.68 bits per heavy atom. The van der Waals surface area contributed by atoms with Crippen LogP contribution in [-0.4, -0.2) is 72.3 Å². The van der Waals surface area contributed by atoms with Crippen LogP contribution in [0.15, 0.2) is 12.4 Å². The van der Waals surface area contributed by atoms with Crippen molar-refractivity contribution in [3.63, 3.8) is 0 Å². The van der Waals surface area contributed by atoms with Gasteiger partial charge < -0.3 is 14.9 Å². The van der Waals surface area contributed by atoms with Gasteiger partial charge in [0.2, 0.25) is 0 Å². The molecule has 3 heterocycles. The molecular formula is C18H29N5O2. The lowest BCUT2D eigenvalue weighted by Crippen LogP contribution is -2.42. The number of nitrogens with zero attached hydrogens (tertiary/aromatic N) is 5. The second-order valence-electron chi connectivity index (χ2n) is 7.64. The Kier molecular flexibility index (Phi) is 5.13. The van der Waals surface area contributed by atoms with Gasteiger partial charge >= 0.3 is 5.97 Å². The summed E-state index contributed by atoms with van der Waals surface area (Å²) in [6.45, 7) is 5.76. The van der Waals surface area contributed by atoms with Gasteiger partial charge in [0.1, 0.15) is 24.0 Å². The number of rotatable bonds is 5. The largest absolute Gasteiger partial charge is 0.480 e. The molecule has 0 unspecified atom stereocenters. The smallest absolute Gasteiger partial charge is 0.320 e. The van der Waals surface area contributed by atoms with Crippen molar-refractivity contribution in [2.45, 2.75) is 38.6 Å². The predicted molar refractivity (Wildman–Crippen MR) is 98.1 cm³/mol. The zero-order valence-corrected chi connectivity index (χ0v) is 15.5. The van der Waals surface area contributed by atoms with E-state index in [1.165, 1.54) is 0 Å². The first-order chi connectivity index (χ1) is 11.9. The first-order valence-corrected chi connectivity index (χ1v) is 9.15. The molecule has 1 aromatic heterocycles. The Bertz CT molecular complexity index is 613. The quantitative estimate of drug-likeness (QED) is 0.869. The maximum absolute atomic E-state index is 11.6. The highest BCUT2D eigenvalue weighted by molar-refractivity contribution is 5.74. The molecule has 0 amide bonds. The minimum Gasteiger partial charge on any atom is -0.480 e. The van der Waals surface area contributed by atoms with Crippen LogP contribution in [0, 0.1) is 5.41 Å². The van der Waals surface area contributed by atoms with E-state index in [0.29, 0.717) is 0 Å². The molecule has 1 atom stereocenters. The van der Waals surface area contributed by atoms with E-state index < -0.39 is 5.97 Å². The highest BCUT2D eigenvalue weighted by atomic mass is 16.4. The third kappa shape index (κ3) is 3.71. The van der Waals surface area contributed by atoms with Gasteiger partial charge in [-0.25, -0.2) is 9.97 Å². The van der Waals surface area contributed by atoms with Gasteiger partial charge in [0.25, 0.3) is 0 Å². The summed E-state index contributed by atoms with van der Waals surface area (Å²) in [5.41, 5.74) is 0.145. The molecule has 7 nitrogen and oxygen atoms in total. The van der Waals surface area contributed by atoms with E-state index in [9.17, 15) is 9.90 Å². The molecule has 1 N–H and O–H groups in total. The van der Waals surface area contributed by atoms with Crippen LogP contribution in [0.5, 0.6) is 0 Å². The Balaban J connectivity index is 1.67. The maximum atomic E-state index is 11.6. The van der Waals surface area contributed by atoms with Gasteiger partial charge in [0.15, 0.2) is 0 Å². The molecule has 0 radical (unpaired) electrons. The standard InChI is InChI=1S/C18H29N5O2/c1-4-7-23-12-18(11-14(23)17(24)25)5-8-22(9-6-18)16-10-15(21(2)3)19-13-20-16/h10,13-14H,4-9,11-12H2,1-3H3,(H,24,25)/t14-/m1/s1. The van der Waals surface area contributed by atoms with Crippen molar-refractivity contribution in [2.24, 2.45) is 5.41 Å². The molecule has 7 heteroatoms. The topological polar surface area (TPSA) is 72.8 Å². The zero-order valence-electron chi connectivity index (χ0n) is 15.5. The molecule has 2 aliphatic heterocycles. The summed E-state index contributed by atoms with van der Waals surface area (Å²) in [5.74, 6) is 1.21. The maximum Gasteiger partial charge on any atom is 0.320 e. The second-order valence-corrected chi connectivity index (χ2v) is 7.64. The highest BCUT2D eigenvalue weighted by Crippen LogP contribution is 2.44. The molecule has 25 heavy (non-hydrogen) atoms. The average Bonchev–Trinajstić information content (AvgIpc) is 2.94. The number of hydrogen-bond donors (Lipinski definition) is 1. The lowest BCUT2D eigenvalue weighted by Gasteiger charge is -2.40. The number of anilines is 2. The molecule has 2 saturated heterocycles. The number of carboxylic acid groups (broad SMARTS) is 1. The number of piperidine rings is 1. The third-order valence-electron chi connectivity index (χ3n) is 5.65. The number of carboxylic acids is 1. The van der Waals surface area contributed by atoms with Crippen molar-refractivity contribution in [1.29, 1.82) is 0 Å². The predicted octanol–water partition coefficient (Wildman–Crippen LogP) is 1.70. The molecule has 0 saturated carbocycles. The van der Waals surface area contributed by atoms with Crippen molar-refractivity contribution >= 4 is 17.6 Å². The van der Waals surface area contributed by atoms with Gasteiger partial charge in [-0.15, -0.1) is 0 Å². The first-order valence-electron chi connectivity index (χ1n) is 9.15. The highest BCUT2D eigenvalue weighted by Gasteiger charge is 2.47. The van der Waals surface area contributed by atoms with Crippen molar-refractivity contribution in [3.05, 3.63) is 12.4 Å². The summed E-state index contributed by atoms with van der Waals surface area (Å²) in [4.78, 5) is 26.8. The fourth-order valence-electron chi connectivity index (χ4n) is 4.24. The van der Waals surface area contributed by atoms with Crippen molar-refractivity contribution in [3.8, 4) is 0 Å². The van der Waals surface area contributed by atoms with Crippen molar-refractivity contribution in [2.75, 3.05) is 50.1 Å². The van der Waals surface area contributed by atoms with E-state index >= 15 is 0 Å². The van der Waals surface area contributed by atoms with E-state index in [0.717, 1.165) is 63.5 Å². The summed E-state index contributed by atoms with van der Waals surface area (Å²) < 4.78 is 0. The Morgan fingerprint density at radius 2 is 2.08 bits per heavy atom. The van der Waals surface area contributed by atoms with Gasteiger partial charge in [0.05, 0.1) is 0 Å². The first kappa shape index (κ1) is 17.9. The van der Waals surface area contributed by atoms with Gasteiger partial charge in [-0.3, -0.25) is 9.69 Å². The molecular weight excluding hydrogens is 318 g/mol. The van der Waals surface area contributed by atoms with Gasteiger partial charge in [-0.05, 0) is 37.6 Å². The molecule has 0 aromatic carbocycles. The number of likely N-dealkylation sites (tertiary alicyclic amines) is 1. The Morgan fingerprint density at radius 1 is 1.36 bits per heavy atom. The Hall–Kier alpha value is -1.89. The molecule has 2 aliphatic rings. The van der Waals surface area contributed by atoms with E-state index in [4.69, 9.17) is 0 Å². The van der Waals surface area contributed by atoms with E-state index in [1.807, 2.05) is 25.1 Å². The molecule has 138 valence electrons. The van der Waals surface area contributed by atoms with Gasteiger partial charge in [-0.1, -0.05) is 6.92 Å². The molecule has 3 rings (SSSR count). The third-order valence-corrected chi connectivity index (χ3v) is 5.65. The van der Waals surface area contributed by atoms with E-state index in [2.05, 4.69) is 26.7 Å². The van der Waals surface area contributed by atoms with Crippen LogP contribution in [0.25, 0.3) is 0 Å². The van der Waals surface area contributed by atoms with Crippen molar-refractivity contribution < 1.29 is 9.90 Å². The van der Waals surface area contributed by atoms with Crippen LogP contribution in [0.2, 0.25) is 0 Å². The molecule has 0 bridgehead atoms. The number of aliphatic carboxylic acids is 1. The minimum atomic E-state index is -0.667. The normalized spacial score (nSPS) is 23.2. The lowest BCUT2D eigenvalue weighted by atomic mass is 9.76. The van der Waals surface area contributed by atoms with Crippen LogP contribution < -0.4 is 9.80 Å². The van der Waals surface area contributed by atoms with E-state index in [-0.39, 0.29) is 11.5 Å². The number of aromatic nitrogens is 2. The monoisotopic (exact) mass is 347 g/mol. The molecule has 1 aromatic rings. The zero-order chi connectivity index (χ0) is 18.0. The average molecular weight is 347 g/mol. The fourth-order valence-corrected chi connectivity index (χ4v) is 4.24. The SMILES string of the molecule is CCCN1CC2(CCN(c3cc(N(C)C)ncn3)CC2)C[C@@H]1C(=O)O. The Labute approximate surface area is 149 Å². The summed E-state index contributed by atoms with van der Waals surface area (Å²) in [6, 6.07) is 1.71. The second kappa shape index (κ2) is 7.15. The fraction of sp³-hybridized carbons (Fsp3) is 0.722. The van der Waals surface area contributed by atoms with Crippen LogP contribution in [0.4, 0.5) is 11.6 Å². The van der Waals surface area contributed by atoms with Gasteiger partial charge in [0, 0.05) is 39.8 Å². The minimum absolute atomic E-state index is 0.145. The van der Waals surface area contributed by atoms with Crippen LogP contribution in [0.1, 0.15) is 32.6 Å². The van der Waals surface area contributed by atoms with Gasteiger partial charge in [-0.2, -0.15) is 0 Å². The molecule has 2 fully saturated rings.